The maximum atomic E-state index is 12.6. The average molecular weight is 379 g/mol. The second-order valence-corrected chi connectivity index (χ2v) is 6.17. The molecule has 0 aliphatic carbocycles. The van der Waals surface area contributed by atoms with Crippen LogP contribution in [-0.2, 0) is 0 Å². The number of nitrogens with one attached hydrogen (secondary N) is 2. The van der Waals surface area contributed by atoms with Crippen LogP contribution >= 0.6 is 0 Å². The molecule has 1 aliphatic heterocycles. The molecule has 2 N–H and O–H groups in total. The maximum absolute atomic E-state index is 12.6. The van der Waals surface area contributed by atoms with E-state index in [-0.39, 0.29) is 11.8 Å². The lowest BCUT2D eigenvalue weighted by Crippen LogP contribution is -2.17. The fraction of sp³-hybridized carbons (Fsp3) is 0.150. The van der Waals surface area contributed by atoms with Crippen molar-refractivity contribution in [1.82, 2.24) is 5.16 Å². The number of nitrogens with zero attached hydrogens (tertiary/aromatic N) is 1. The van der Waals surface area contributed by atoms with Crippen LogP contribution in [0.2, 0.25) is 0 Å². The SMILES string of the molecule is Cc1cc(NC(=O)c2cccc(C(=O)Nc3ccc4c(c3)OCCO4)c2)no1. The number of rotatable bonds is 4. The van der Waals surface area contributed by atoms with Gasteiger partial charge in [-0.05, 0) is 37.3 Å². The van der Waals surface area contributed by atoms with Crippen molar-refractivity contribution in [1.29, 1.82) is 0 Å². The van der Waals surface area contributed by atoms with Crippen molar-refractivity contribution in [3.63, 3.8) is 0 Å². The van der Waals surface area contributed by atoms with Crippen LogP contribution < -0.4 is 20.1 Å². The number of aromatic nitrogens is 1. The van der Waals surface area contributed by atoms with Crippen LogP contribution in [0.15, 0.2) is 53.1 Å². The molecule has 0 radical (unpaired) electrons. The second-order valence-electron chi connectivity index (χ2n) is 6.17. The van der Waals surface area contributed by atoms with Crippen molar-refractivity contribution in [3.8, 4) is 11.5 Å². The topological polar surface area (TPSA) is 103 Å². The molecule has 0 spiro atoms. The van der Waals surface area contributed by atoms with Crippen LogP contribution in [0.5, 0.6) is 11.5 Å². The Morgan fingerprint density at radius 1 is 0.893 bits per heavy atom. The summed E-state index contributed by atoms with van der Waals surface area (Å²) in [5.41, 5.74) is 1.25. The van der Waals surface area contributed by atoms with E-state index < -0.39 is 0 Å². The summed E-state index contributed by atoms with van der Waals surface area (Å²) in [5, 5.41) is 9.14. The van der Waals surface area contributed by atoms with Gasteiger partial charge < -0.3 is 24.6 Å². The van der Waals surface area contributed by atoms with Crippen molar-refractivity contribution in [2.24, 2.45) is 0 Å². The Morgan fingerprint density at radius 3 is 2.32 bits per heavy atom. The summed E-state index contributed by atoms with van der Waals surface area (Å²) in [5.74, 6) is 1.40. The molecule has 0 fully saturated rings. The molecule has 8 nitrogen and oxygen atoms in total. The van der Waals surface area contributed by atoms with Crippen molar-refractivity contribution in [3.05, 3.63) is 65.4 Å². The zero-order chi connectivity index (χ0) is 19.5. The Morgan fingerprint density at radius 2 is 1.61 bits per heavy atom. The van der Waals surface area contributed by atoms with Crippen LogP contribution in [0.25, 0.3) is 0 Å². The van der Waals surface area contributed by atoms with Gasteiger partial charge in [-0.15, -0.1) is 0 Å². The number of fused-ring (bicyclic) bond motifs is 1. The molecule has 3 aromatic rings. The molecular weight excluding hydrogens is 362 g/mol. The maximum Gasteiger partial charge on any atom is 0.256 e. The van der Waals surface area contributed by atoms with Crippen LogP contribution in [0.4, 0.5) is 11.5 Å². The minimum absolute atomic E-state index is 0.314. The lowest BCUT2D eigenvalue weighted by molar-refractivity contribution is 0.102. The summed E-state index contributed by atoms with van der Waals surface area (Å²) in [6, 6.07) is 13.2. The molecule has 0 unspecified atom stereocenters. The van der Waals surface area contributed by atoms with Crippen LogP contribution in [0, 0.1) is 6.92 Å². The van der Waals surface area contributed by atoms with Gasteiger partial charge in [-0.1, -0.05) is 11.2 Å². The zero-order valence-corrected chi connectivity index (χ0v) is 15.0. The third-order valence-corrected chi connectivity index (χ3v) is 4.06. The summed E-state index contributed by atoms with van der Waals surface area (Å²) >= 11 is 0. The Labute approximate surface area is 160 Å². The van der Waals surface area contributed by atoms with Gasteiger partial charge in [0.05, 0.1) is 0 Å². The van der Waals surface area contributed by atoms with Crippen molar-refractivity contribution in [2.45, 2.75) is 6.92 Å². The second kappa shape index (κ2) is 7.43. The van der Waals surface area contributed by atoms with Gasteiger partial charge in [-0.25, -0.2) is 0 Å². The molecule has 2 amide bonds. The summed E-state index contributed by atoms with van der Waals surface area (Å²) in [6.07, 6.45) is 0. The first-order chi connectivity index (χ1) is 13.6. The van der Waals surface area contributed by atoms with E-state index in [9.17, 15) is 9.59 Å². The molecule has 2 aromatic carbocycles. The standard InChI is InChI=1S/C20H17N3O5/c1-12-9-18(23-28-12)22-20(25)14-4-2-3-13(10-14)19(24)21-15-5-6-16-17(11-15)27-8-7-26-16/h2-6,9-11H,7-8H2,1H3,(H,21,24)(H,22,23,25). The van der Waals surface area contributed by atoms with Gasteiger partial charge in [0.1, 0.15) is 19.0 Å². The molecule has 0 saturated heterocycles. The number of hydrogen-bond acceptors (Lipinski definition) is 6. The molecule has 0 atom stereocenters. The lowest BCUT2D eigenvalue weighted by atomic mass is 10.1. The minimum Gasteiger partial charge on any atom is -0.486 e. The predicted octanol–water partition coefficient (Wildman–Crippen LogP) is 3.26. The summed E-state index contributed by atoms with van der Waals surface area (Å²) in [7, 11) is 0. The largest absolute Gasteiger partial charge is 0.486 e. The smallest absolute Gasteiger partial charge is 0.256 e. The van der Waals surface area contributed by atoms with Crippen molar-refractivity contribution >= 4 is 23.3 Å². The molecule has 142 valence electrons. The lowest BCUT2D eigenvalue weighted by Gasteiger charge is -2.19. The Balaban J connectivity index is 1.47. The normalized spacial score (nSPS) is 12.3. The minimum atomic E-state index is -0.387. The van der Waals surface area contributed by atoms with Gasteiger partial charge in [-0.2, -0.15) is 0 Å². The van der Waals surface area contributed by atoms with Gasteiger partial charge in [0.25, 0.3) is 11.8 Å². The number of ether oxygens (including phenoxy) is 2. The number of anilines is 2. The Kier molecular flexibility index (Phi) is 4.67. The van der Waals surface area contributed by atoms with E-state index in [4.69, 9.17) is 14.0 Å². The highest BCUT2D eigenvalue weighted by Gasteiger charge is 2.15. The van der Waals surface area contributed by atoms with Gasteiger partial charge in [-0.3, -0.25) is 9.59 Å². The average Bonchev–Trinajstić information content (AvgIpc) is 3.12. The van der Waals surface area contributed by atoms with E-state index in [0.717, 1.165) is 0 Å². The molecule has 0 saturated carbocycles. The molecular formula is C20H17N3O5. The van der Waals surface area contributed by atoms with E-state index in [2.05, 4.69) is 15.8 Å². The van der Waals surface area contributed by atoms with Gasteiger partial charge >= 0.3 is 0 Å². The van der Waals surface area contributed by atoms with Gasteiger partial charge in [0.15, 0.2) is 17.3 Å². The van der Waals surface area contributed by atoms with E-state index in [1.165, 1.54) is 6.07 Å². The quantitative estimate of drug-likeness (QED) is 0.721. The Bertz CT molecular complexity index is 1040. The molecule has 1 aromatic heterocycles. The summed E-state index contributed by atoms with van der Waals surface area (Å²) in [6.45, 7) is 2.69. The highest BCUT2D eigenvalue weighted by atomic mass is 16.6. The van der Waals surface area contributed by atoms with E-state index in [0.29, 0.717) is 53.1 Å². The zero-order valence-electron chi connectivity index (χ0n) is 15.0. The van der Waals surface area contributed by atoms with E-state index in [1.54, 1.807) is 49.4 Å². The number of carbonyl (C=O) groups is 2. The number of carbonyl (C=O) groups excluding carboxylic acids is 2. The first kappa shape index (κ1) is 17.6. The van der Waals surface area contributed by atoms with Crippen molar-refractivity contribution in [2.75, 3.05) is 23.8 Å². The fourth-order valence-electron chi connectivity index (χ4n) is 2.74. The predicted molar refractivity (Wildman–Crippen MR) is 101 cm³/mol. The number of amides is 2. The van der Waals surface area contributed by atoms with Crippen LogP contribution in [0.3, 0.4) is 0 Å². The van der Waals surface area contributed by atoms with Gasteiger partial charge in [0, 0.05) is 28.9 Å². The molecule has 28 heavy (non-hydrogen) atoms. The summed E-state index contributed by atoms with van der Waals surface area (Å²) < 4.78 is 15.9. The first-order valence-corrected chi connectivity index (χ1v) is 8.64. The Hall–Kier alpha value is -3.81. The molecule has 1 aliphatic rings. The molecule has 4 rings (SSSR count). The highest BCUT2D eigenvalue weighted by Crippen LogP contribution is 2.32. The van der Waals surface area contributed by atoms with E-state index in [1.807, 2.05) is 0 Å². The third-order valence-electron chi connectivity index (χ3n) is 4.06. The van der Waals surface area contributed by atoms with Crippen LogP contribution in [0.1, 0.15) is 26.5 Å². The number of aryl methyl sites for hydroxylation is 1. The molecule has 8 heteroatoms. The monoisotopic (exact) mass is 379 g/mol. The van der Waals surface area contributed by atoms with Crippen LogP contribution in [-0.4, -0.2) is 30.2 Å². The summed E-state index contributed by atoms with van der Waals surface area (Å²) in [4.78, 5) is 24.9. The molecule has 0 bridgehead atoms. The highest BCUT2D eigenvalue weighted by molar-refractivity contribution is 6.08. The molecule has 2 heterocycles. The third kappa shape index (κ3) is 3.80. The van der Waals surface area contributed by atoms with Crippen molar-refractivity contribution < 1.29 is 23.6 Å². The first-order valence-electron chi connectivity index (χ1n) is 8.64. The van der Waals surface area contributed by atoms with E-state index >= 15 is 0 Å². The number of benzene rings is 2. The number of hydrogen-bond donors (Lipinski definition) is 2. The van der Waals surface area contributed by atoms with Gasteiger partial charge in [0.2, 0.25) is 0 Å². The fourth-order valence-corrected chi connectivity index (χ4v) is 2.74.